The van der Waals surface area contributed by atoms with Crippen LogP contribution in [0, 0.1) is 5.92 Å². The van der Waals surface area contributed by atoms with Crippen molar-refractivity contribution in [3.63, 3.8) is 0 Å². The Bertz CT molecular complexity index is 169. The maximum Gasteiger partial charge on any atom is 0.237 e. The number of amides is 1. The zero-order chi connectivity index (χ0) is 11.1. The first-order valence-electron chi connectivity index (χ1n) is 4.78. The molecule has 1 amide bonds. The number of carbonyl (C=O) groups is 1. The molecule has 5 N–H and O–H groups in total. The molecule has 84 valence electrons. The molecule has 0 aromatic heterocycles. The Morgan fingerprint density at radius 1 is 1.36 bits per heavy atom. The highest BCUT2D eigenvalue weighted by Gasteiger charge is 2.17. The number of nitrogens with two attached hydrogens (primary N) is 1. The predicted molar refractivity (Wildman–Crippen MR) is 53.5 cm³/mol. The SMILES string of the molecule is CC(C)CC(N)C(=O)NC(CO)CO. The Labute approximate surface area is 84.3 Å². The monoisotopic (exact) mass is 204 g/mol. The first-order valence-corrected chi connectivity index (χ1v) is 4.78. The lowest BCUT2D eigenvalue weighted by Gasteiger charge is -2.18. The Hall–Kier alpha value is -0.650. The highest BCUT2D eigenvalue weighted by Crippen LogP contribution is 2.02. The molecule has 0 saturated carbocycles. The second-order valence-corrected chi connectivity index (χ2v) is 3.81. The van der Waals surface area contributed by atoms with E-state index in [9.17, 15) is 4.79 Å². The molecule has 0 bridgehead atoms. The predicted octanol–water partition coefficient (Wildman–Crippen LogP) is -1.17. The van der Waals surface area contributed by atoms with Gasteiger partial charge in [-0.2, -0.15) is 0 Å². The van der Waals surface area contributed by atoms with Crippen molar-refractivity contribution in [1.82, 2.24) is 5.32 Å². The summed E-state index contributed by atoms with van der Waals surface area (Å²) in [6.45, 7) is 3.39. The molecule has 0 spiro atoms. The first-order chi connectivity index (χ1) is 6.51. The maximum atomic E-state index is 11.3. The van der Waals surface area contributed by atoms with Crippen molar-refractivity contribution in [3.8, 4) is 0 Å². The van der Waals surface area contributed by atoms with Crippen LogP contribution in [-0.4, -0.2) is 41.4 Å². The summed E-state index contributed by atoms with van der Waals surface area (Å²) in [4.78, 5) is 11.3. The second-order valence-electron chi connectivity index (χ2n) is 3.81. The summed E-state index contributed by atoms with van der Waals surface area (Å²) in [5.74, 6) is 0.0178. The molecule has 0 saturated heterocycles. The van der Waals surface area contributed by atoms with Crippen molar-refractivity contribution < 1.29 is 15.0 Å². The molecule has 0 rings (SSSR count). The van der Waals surface area contributed by atoms with Crippen molar-refractivity contribution >= 4 is 5.91 Å². The molecule has 0 aliphatic heterocycles. The number of aliphatic hydroxyl groups is 2. The molecule has 1 atom stereocenters. The highest BCUT2D eigenvalue weighted by atomic mass is 16.3. The smallest absolute Gasteiger partial charge is 0.237 e. The summed E-state index contributed by atoms with van der Waals surface area (Å²) in [7, 11) is 0. The fourth-order valence-electron chi connectivity index (χ4n) is 1.07. The molecule has 0 aromatic carbocycles. The standard InChI is InChI=1S/C9H20N2O3/c1-6(2)3-8(10)9(14)11-7(4-12)5-13/h6-8,12-13H,3-5,10H2,1-2H3,(H,11,14). The summed E-state index contributed by atoms with van der Waals surface area (Å²) in [6, 6.07) is -1.18. The lowest BCUT2D eigenvalue weighted by molar-refractivity contribution is -0.124. The first kappa shape index (κ1) is 13.4. The molecular formula is C9H20N2O3. The summed E-state index contributed by atoms with van der Waals surface area (Å²) in [5, 5.41) is 19.9. The van der Waals surface area contributed by atoms with Crippen molar-refractivity contribution in [3.05, 3.63) is 0 Å². The van der Waals surface area contributed by atoms with Gasteiger partial charge in [0.25, 0.3) is 0 Å². The molecule has 0 aliphatic rings. The molecule has 0 aromatic rings. The van der Waals surface area contributed by atoms with E-state index < -0.39 is 12.1 Å². The quantitative estimate of drug-likeness (QED) is 0.438. The minimum absolute atomic E-state index is 0.281. The van der Waals surface area contributed by atoms with Crippen molar-refractivity contribution in [2.24, 2.45) is 11.7 Å². The summed E-state index contributed by atoms with van der Waals surface area (Å²) in [5.41, 5.74) is 5.60. The van der Waals surface area contributed by atoms with Gasteiger partial charge in [-0.3, -0.25) is 4.79 Å². The van der Waals surface area contributed by atoms with Crippen LogP contribution in [0.4, 0.5) is 0 Å². The number of rotatable bonds is 6. The highest BCUT2D eigenvalue weighted by molar-refractivity contribution is 5.81. The molecule has 0 aliphatic carbocycles. The zero-order valence-corrected chi connectivity index (χ0v) is 8.73. The van der Waals surface area contributed by atoms with Gasteiger partial charge in [-0.1, -0.05) is 13.8 Å². The summed E-state index contributed by atoms with van der Waals surface area (Å²) in [6.07, 6.45) is 0.593. The van der Waals surface area contributed by atoms with E-state index in [1.807, 2.05) is 13.8 Å². The third kappa shape index (κ3) is 5.16. The Morgan fingerprint density at radius 2 is 1.86 bits per heavy atom. The molecule has 5 nitrogen and oxygen atoms in total. The van der Waals surface area contributed by atoms with E-state index in [4.69, 9.17) is 15.9 Å². The van der Waals surface area contributed by atoms with Gasteiger partial charge >= 0.3 is 0 Å². The third-order valence-corrected chi connectivity index (χ3v) is 1.85. The Morgan fingerprint density at radius 3 is 2.21 bits per heavy atom. The van der Waals surface area contributed by atoms with Gasteiger partial charge in [0.15, 0.2) is 0 Å². The van der Waals surface area contributed by atoms with Gasteiger partial charge in [-0.25, -0.2) is 0 Å². The molecule has 0 fully saturated rings. The maximum absolute atomic E-state index is 11.3. The molecule has 5 heteroatoms. The van der Waals surface area contributed by atoms with Gasteiger partial charge in [0.05, 0.1) is 25.3 Å². The average Bonchev–Trinajstić information content (AvgIpc) is 2.12. The van der Waals surface area contributed by atoms with E-state index in [1.54, 1.807) is 0 Å². The summed E-state index contributed by atoms with van der Waals surface area (Å²) >= 11 is 0. The van der Waals surface area contributed by atoms with E-state index >= 15 is 0 Å². The number of aliphatic hydroxyl groups excluding tert-OH is 2. The fourth-order valence-corrected chi connectivity index (χ4v) is 1.07. The van der Waals surface area contributed by atoms with Crippen LogP contribution < -0.4 is 11.1 Å². The van der Waals surface area contributed by atoms with Crippen LogP contribution in [-0.2, 0) is 4.79 Å². The lowest BCUT2D eigenvalue weighted by Crippen LogP contribution is -2.48. The minimum Gasteiger partial charge on any atom is -0.394 e. The van der Waals surface area contributed by atoms with Gasteiger partial charge in [-0.15, -0.1) is 0 Å². The van der Waals surface area contributed by atoms with E-state index in [-0.39, 0.29) is 19.1 Å². The average molecular weight is 204 g/mol. The summed E-state index contributed by atoms with van der Waals surface area (Å²) < 4.78 is 0. The van der Waals surface area contributed by atoms with Gasteiger partial charge < -0.3 is 21.3 Å². The van der Waals surface area contributed by atoms with Crippen LogP contribution >= 0.6 is 0 Å². The third-order valence-electron chi connectivity index (χ3n) is 1.85. The van der Waals surface area contributed by atoms with E-state index in [0.29, 0.717) is 12.3 Å². The van der Waals surface area contributed by atoms with Crippen molar-refractivity contribution in [1.29, 1.82) is 0 Å². The molecule has 14 heavy (non-hydrogen) atoms. The normalized spacial score (nSPS) is 13.4. The Kier molecular flexibility index (Phi) is 6.44. The van der Waals surface area contributed by atoms with Gasteiger partial charge in [0.1, 0.15) is 0 Å². The fraction of sp³-hybridized carbons (Fsp3) is 0.889. The molecule has 1 unspecified atom stereocenters. The van der Waals surface area contributed by atoms with Gasteiger partial charge in [0, 0.05) is 0 Å². The number of hydrogen-bond acceptors (Lipinski definition) is 4. The van der Waals surface area contributed by atoms with Gasteiger partial charge in [0.2, 0.25) is 5.91 Å². The van der Waals surface area contributed by atoms with E-state index in [2.05, 4.69) is 5.32 Å². The van der Waals surface area contributed by atoms with Crippen LogP contribution in [0.15, 0.2) is 0 Å². The van der Waals surface area contributed by atoms with Crippen molar-refractivity contribution in [2.45, 2.75) is 32.4 Å². The van der Waals surface area contributed by atoms with Crippen molar-refractivity contribution in [2.75, 3.05) is 13.2 Å². The van der Waals surface area contributed by atoms with Crippen LogP contribution in [0.5, 0.6) is 0 Å². The number of hydrogen-bond donors (Lipinski definition) is 4. The number of carbonyl (C=O) groups excluding carboxylic acids is 1. The topological polar surface area (TPSA) is 95.6 Å². The van der Waals surface area contributed by atoms with Crippen LogP contribution in [0.25, 0.3) is 0 Å². The Balaban J connectivity index is 3.93. The second kappa shape index (κ2) is 6.75. The van der Waals surface area contributed by atoms with Crippen LogP contribution in [0.2, 0.25) is 0 Å². The van der Waals surface area contributed by atoms with Gasteiger partial charge in [-0.05, 0) is 12.3 Å². The minimum atomic E-state index is -0.610. The largest absolute Gasteiger partial charge is 0.394 e. The number of nitrogens with one attached hydrogen (secondary N) is 1. The molecular weight excluding hydrogens is 184 g/mol. The van der Waals surface area contributed by atoms with E-state index in [1.165, 1.54) is 0 Å². The lowest BCUT2D eigenvalue weighted by atomic mass is 10.0. The zero-order valence-electron chi connectivity index (χ0n) is 8.73. The molecule has 0 radical (unpaired) electrons. The molecule has 0 heterocycles. The van der Waals surface area contributed by atoms with E-state index in [0.717, 1.165) is 0 Å². The van der Waals surface area contributed by atoms with Crippen LogP contribution in [0.1, 0.15) is 20.3 Å². The van der Waals surface area contributed by atoms with Crippen LogP contribution in [0.3, 0.4) is 0 Å².